The maximum atomic E-state index is 11.6. The number of guanidine groups is 1. The Hall–Kier alpha value is -2.67. The average molecular weight is 421 g/mol. The zero-order chi connectivity index (χ0) is 20.8. The van der Waals surface area contributed by atoms with Crippen LogP contribution in [0.5, 0.6) is 5.75 Å². The van der Waals surface area contributed by atoms with Gasteiger partial charge in [0.25, 0.3) is 0 Å². The molecule has 8 nitrogen and oxygen atoms in total. The molecule has 0 amide bonds. The third-order valence-corrected chi connectivity index (χ3v) is 5.12. The van der Waals surface area contributed by atoms with Crippen LogP contribution in [0.15, 0.2) is 40.5 Å². The summed E-state index contributed by atoms with van der Waals surface area (Å²) in [5.74, 6) is 3.74. The molecule has 0 aliphatic carbocycles. The first-order valence-electron chi connectivity index (χ1n) is 9.53. The molecule has 0 unspecified atom stereocenters. The molecule has 2 aliphatic rings. The largest absolute Gasteiger partial charge is 0.495 e. The molecular weight excluding hydrogens is 396 g/mol. The predicted octanol–water partition coefficient (Wildman–Crippen LogP) is 1.78. The van der Waals surface area contributed by atoms with Gasteiger partial charge in [-0.3, -0.25) is 0 Å². The molecule has 156 valence electrons. The maximum absolute atomic E-state index is 11.6. The summed E-state index contributed by atoms with van der Waals surface area (Å²) in [7, 11) is 1.56. The number of nitrogens with zero attached hydrogens (tertiary/aromatic N) is 2. The number of aliphatic hydroxyl groups excluding tert-OH is 1. The van der Waals surface area contributed by atoms with Crippen LogP contribution in [0, 0.1) is 0 Å². The Bertz CT molecular complexity index is 864. The number of halogens is 1. The van der Waals surface area contributed by atoms with E-state index in [1.165, 1.54) is 0 Å². The molecule has 0 aromatic heterocycles. The first-order chi connectivity index (χ1) is 14.1. The van der Waals surface area contributed by atoms with Gasteiger partial charge in [0, 0.05) is 13.1 Å². The SMILES string of the molecule is CCOC1=C(NCc2ccc(OC)c(Cl)c2)N=C(N2CCC[C@H]2CO)NC1=C=O. The summed E-state index contributed by atoms with van der Waals surface area (Å²) < 4.78 is 10.8. The monoisotopic (exact) mass is 420 g/mol. The fraction of sp³-hybridized carbons (Fsp3) is 0.450. The minimum Gasteiger partial charge on any atom is -0.495 e. The van der Waals surface area contributed by atoms with Crippen LogP contribution in [0.2, 0.25) is 5.02 Å². The molecule has 1 atom stereocenters. The Morgan fingerprint density at radius 1 is 1.48 bits per heavy atom. The molecule has 1 fully saturated rings. The van der Waals surface area contributed by atoms with Crippen molar-refractivity contribution in [2.75, 3.05) is 26.9 Å². The van der Waals surface area contributed by atoms with Crippen molar-refractivity contribution in [3.05, 3.63) is 46.1 Å². The summed E-state index contributed by atoms with van der Waals surface area (Å²) in [5.41, 5.74) is 1.09. The highest BCUT2D eigenvalue weighted by Crippen LogP contribution is 2.26. The summed E-state index contributed by atoms with van der Waals surface area (Å²) in [6.45, 7) is 3.39. The van der Waals surface area contributed by atoms with E-state index in [-0.39, 0.29) is 18.3 Å². The molecule has 29 heavy (non-hydrogen) atoms. The molecule has 9 heteroatoms. The molecular formula is C20H25ClN4O4. The number of hydrogen-bond acceptors (Lipinski definition) is 8. The minimum atomic E-state index is -0.0376. The lowest BCUT2D eigenvalue weighted by Crippen LogP contribution is -2.47. The molecule has 0 saturated carbocycles. The summed E-state index contributed by atoms with van der Waals surface area (Å²) in [6, 6.07) is 5.45. The third-order valence-electron chi connectivity index (χ3n) is 4.82. The van der Waals surface area contributed by atoms with Gasteiger partial charge in [0.05, 0.1) is 31.4 Å². The smallest absolute Gasteiger partial charge is 0.206 e. The first kappa shape index (κ1) is 21.0. The van der Waals surface area contributed by atoms with E-state index >= 15 is 0 Å². The number of nitrogens with one attached hydrogen (secondary N) is 2. The summed E-state index contributed by atoms with van der Waals surface area (Å²) >= 11 is 6.20. The molecule has 0 spiro atoms. The number of rotatable bonds is 7. The van der Waals surface area contributed by atoms with E-state index < -0.39 is 0 Å². The molecule has 3 N–H and O–H groups in total. The van der Waals surface area contributed by atoms with Gasteiger partial charge in [-0.15, -0.1) is 0 Å². The van der Waals surface area contributed by atoms with E-state index in [0.717, 1.165) is 24.9 Å². The number of benzene rings is 1. The van der Waals surface area contributed by atoms with Crippen molar-refractivity contribution in [3.63, 3.8) is 0 Å². The summed E-state index contributed by atoms with van der Waals surface area (Å²) in [4.78, 5) is 18.2. The quantitative estimate of drug-likeness (QED) is 0.578. The minimum absolute atomic E-state index is 0.0238. The van der Waals surface area contributed by atoms with E-state index in [4.69, 9.17) is 21.1 Å². The summed E-state index contributed by atoms with van der Waals surface area (Å²) in [5, 5.41) is 16.4. The van der Waals surface area contributed by atoms with Gasteiger partial charge in [-0.2, -0.15) is 4.99 Å². The van der Waals surface area contributed by atoms with Gasteiger partial charge in [-0.1, -0.05) is 17.7 Å². The number of aliphatic imine (C=N–C) groups is 1. The highest BCUT2D eigenvalue weighted by Gasteiger charge is 2.31. The topological polar surface area (TPSA) is 95.4 Å². The second-order valence-corrected chi connectivity index (χ2v) is 7.05. The van der Waals surface area contributed by atoms with Gasteiger partial charge in [0.1, 0.15) is 5.75 Å². The van der Waals surface area contributed by atoms with Crippen molar-refractivity contribution >= 4 is 23.5 Å². The van der Waals surface area contributed by atoms with Crippen molar-refractivity contribution in [1.82, 2.24) is 15.5 Å². The van der Waals surface area contributed by atoms with Gasteiger partial charge < -0.3 is 30.1 Å². The Kier molecular flexibility index (Phi) is 7.04. The van der Waals surface area contributed by atoms with E-state index in [1.807, 2.05) is 23.8 Å². The molecule has 0 radical (unpaired) electrons. The molecule has 1 aromatic rings. The third kappa shape index (κ3) is 4.67. The Morgan fingerprint density at radius 2 is 2.31 bits per heavy atom. The Balaban J connectivity index is 1.88. The normalized spacial score (nSPS) is 18.9. The van der Waals surface area contributed by atoms with Crippen LogP contribution in [0.3, 0.4) is 0 Å². The average Bonchev–Trinajstić information content (AvgIpc) is 3.22. The standard InChI is InChI=1S/C20H25ClN4O4/c1-3-29-18-16(12-27)23-20(25-8-4-5-14(25)11-26)24-19(18)22-10-13-6-7-17(28-2)15(21)9-13/h6-7,9,14,22,26H,3-5,8,10-11H2,1-2H3,(H,23,24)/t14-/m0/s1. The second kappa shape index (κ2) is 9.69. The number of aliphatic hydroxyl groups is 1. The van der Waals surface area contributed by atoms with Crippen molar-refractivity contribution < 1.29 is 19.4 Å². The Labute approximate surface area is 174 Å². The van der Waals surface area contributed by atoms with Crippen LogP contribution in [0.1, 0.15) is 25.3 Å². The van der Waals surface area contributed by atoms with E-state index in [2.05, 4.69) is 15.6 Å². The first-order valence-corrected chi connectivity index (χ1v) is 9.91. The van der Waals surface area contributed by atoms with Gasteiger partial charge in [0.2, 0.25) is 5.96 Å². The van der Waals surface area contributed by atoms with Gasteiger partial charge in [-0.25, -0.2) is 4.79 Å². The fourth-order valence-electron chi connectivity index (χ4n) is 3.39. The molecule has 1 aromatic carbocycles. The fourth-order valence-corrected chi connectivity index (χ4v) is 3.67. The zero-order valence-corrected chi connectivity index (χ0v) is 17.3. The number of ether oxygens (including phenoxy) is 2. The van der Waals surface area contributed by atoms with Crippen LogP contribution in [0.4, 0.5) is 0 Å². The van der Waals surface area contributed by atoms with Gasteiger partial charge in [0.15, 0.2) is 23.2 Å². The second-order valence-electron chi connectivity index (χ2n) is 6.64. The van der Waals surface area contributed by atoms with Gasteiger partial charge >= 0.3 is 0 Å². The van der Waals surface area contributed by atoms with Crippen molar-refractivity contribution in [2.45, 2.75) is 32.4 Å². The van der Waals surface area contributed by atoms with Gasteiger partial charge in [-0.05, 0) is 37.5 Å². The summed E-state index contributed by atoms with van der Waals surface area (Å²) in [6.07, 6.45) is 1.81. The zero-order valence-electron chi connectivity index (χ0n) is 16.5. The number of hydrogen-bond donors (Lipinski definition) is 3. The Morgan fingerprint density at radius 3 is 2.97 bits per heavy atom. The lowest BCUT2D eigenvalue weighted by atomic mass is 10.2. The molecule has 0 bridgehead atoms. The maximum Gasteiger partial charge on any atom is 0.206 e. The van der Waals surface area contributed by atoms with Crippen molar-refractivity contribution in [2.24, 2.45) is 4.99 Å². The number of methoxy groups -OCH3 is 1. The molecule has 1 saturated heterocycles. The van der Waals surface area contributed by atoms with Crippen LogP contribution < -0.4 is 15.4 Å². The highest BCUT2D eigenvalue weighted by molar-refractivity contribution is 6.32. The van der Waals surface area contributed by atoms with E-state index in [0.29, 0.717) is 41.5 Å². The predicted molar refractivity (Wildman–Crippen MR) is 110 cm³/mol. The number of likely N-dealkylation sites (tertiary alicyclic amines) is 1. The van der Waals surface area contributed by atoms with Crippen LogP contribution in [-0.4, -0.2) is 54.8 Å². The van der Waals surface area contributed by atoms with Crippen LogP contribution in [0.25, 0.3) is 0 Å². The van der Waals surface area contributed by atoms with E-state index in [1.54, 1.807) is 19.2 Å². The number of carbonyl (C=O) groups excluding carboxylic acids is 1. The lowest BCUT2D eigenvalue weighted by molar-refractivity contribution is 0.203. The van der Waals surface area contributed by atoms with Crippen molar-refractivity contribution in [1.29, 1.82) is 0 Å². The van der Waals surface area contributed by atoms with Crippen molar-refractivity contribution in [3.8, 4) is 5.75 Å². The molecule has 3 rings (SSSR count). The van der Waals surface area contributed by atoms with Crippen LogP contribution >= 0.6 is 11.6 Å². The molecule has 2 aliphatic heterocycles. The van der Waals surface area contributed by atoms with Crippen LogP contribution in [-0.2, 0) is 16.1 Å². The highest BCUT2D eigenvalue weighted by atomic mass is 35.5. The van der Waals surface area contributed by atoms with E-state index in [9.17, 15) is 9.90 Å². The molecule has 2 heterocycles. The lowest BCUT2D eigenvalue weighted by Gasteiger charge is -2.30.